The van der Waals surface area contributed by atoms with Gasteiger partial charge >= 0.3 is 0 Å². The van der Waals surface area contributed by atoms with E-state index in [0.29, 0.717) is 0 Å². The summed E-state index contributed by atoms with van der Waals surface area (Å²) in [6, 6.07) is 6.05. The molecule has 1 fully saturated rings. The van der Waals surface area contributed by atoms with Gasteiger partial charge in [-0.05, 0) is 38.1 Å². The van der Waals surface area contributed by atoms with Crippen LogP contribution >= 0.6 is 0 Å². The molecule has 0 saturated carbocycles. The van der Waals surface area contributed by atoms with Crippen LogP contribution in [0.4, 0.5) is 0 Å². The lowest BCUT2D eigenvalue weighted by Gasteiger charge is -2.34. The standard InChI is InChI=1S/C15H20N4/c1-15(5-8-16-9-6-15)14-10-17-12-19(14)11-13-4-2-3-7-18-13/h2-4,7,10,12,16H,5-6,8-9,11H2,1H3. The SMILES string of the molecule is CC1(c2cncn2Cc2ccccn2)CCNCC1. The molecule has 3 rings (SSSR count). The van der Waals surface area contributed by atoms with Crippen LogP contribution in [0, 0.1) is 0 Å². The van der Waals surface area contributed by atoms with Crippen LogP contribution in [0.25, 0.3) is 0 Å². The molecule has 0 radical (unpaired) electrons. The summed E-state index contributed by atoms with van der Waals surface area (Å²) in [6.45, 7) is 5.33. The Morgan fingerprint density at radius 3 is 2.89 bits per heavy atom. The van der Waals surface area contributed by atoms with Crippen molar-refractivity contribution >= 4 is 0 Å². The maximum absolute atomic E-state index is 4.40. The Labute approximate surface area is 113 Å². The largest absolute Gasteiger partial charge is 0.328 e. The number of piperidine rings is 1. The summed E-state index contributed by atoms with van der Waals surface area (Å²) in [4.78, 5) is 8.76. The first-order chi connectivity index (χ1) is 9.28. The lowest BCUT2D eigenvalue weighted by molar-refractivity contribution is 0.318. The van der Waals surface area contributed by atoms with Crippen LogP contribution < -0.4 is 5.32 Å². The Balaban J connectivity index is 1.86. The van der Waals surface area contributed by atoms with Crippen LogP contribution in [0.5, 0.6) is 0 Å². The fraction of sp³-hybridized carbons (Fsp3) is 0.467. The molecule has 1 aliphatic rings. The van der Waals surface area contributed by atoms with Gasteiger partial charge in [-0.2, -0.15) is 0 Å². The quantitative estimate of drug-likeness (QED) is 0.913. The predicted molar refractivity (Wildman–Crippen MR) is 75.0 cm³/mol. The van der Waals surface area contributed by atoms with E-state index in [1.807, 2.05) is 30.9 Å². The summed E-state index contributed by atoms with van der Waals surface area (Å²) in [6.07, 6.45) is 8.13. The second-order valence-corrected chi connectivity index (χ2v) is 5.54. The maximum Gasteiger partial charge on any atom is 0.0952 e. The monoisotopic (exact) mass is 256 g/mol. The van der Waals surface area contributed by atoms with Gasteiger partial charge in [0.15, 0.2) is 0 Å². The minimum absolute atomic E-state index is 0.233. The number of nitrogens with one attached hydrogen (secondary N) is 1. The van der Waals surface area contributed by atoms with Gasteiger partial charge in [0.1, 0.15) is 0 Å². The van der Waals surface area contributed by atoms with Gasteiger partial charge in [0, 0.05) is 23.5 Å². The van der Waals surface area contributed by atoms with Crippen molar-refractivity contribution in [1.29, 1.82) is 0 Å². The summed E-state index contributed by atoms with van der Waals surface area (Å²) >= 11 is 0. The number of rotatable bonds is 3. The van der Waals surface area contributed by atoms with Gasteiger partial charge < -0.3 is 9.88 Å². The first-order valence-corrected chi connectivity index (χ1v) is 6.89. The van der Waals surface area contributed by atoms with Gasteiger partial charge in [-0.25, -0.2) is 4.98 Å². The lowest BCUT2D eigenvalue weighted by Crippen LogP contribution is -2.39. The molecule has 0 bridgehead atoms. The van der Waals surface area contributed by atoms with Gasteiger partial charge in [0.25, 0.3) is 0 Å². The van der Waals surface area contributed by atoms with Crippen molar-refractivity contribution in [2.24, 2.45) is 0 Å². The van der Waals surface area contributed by atoms with Gasteiger partial charge in [0.2, 0.25) is 0 Å². The molecule has 19 heavy (non-hydrogen) atoms. The van der Waals surface area contributed by atoms with Crippen LogP contribution in [-0.2, 0) is 12.0 Å². The smallest absolute Gasteiger partial charge is 0.0952 e. The summed E-state index contributed by atoms with van der Waals surface area (Å²) in [7, 11) is 0. The van der Waals surface area contributed by atoms with Crippen molar-refractivity contribution in [3.05, 3.63) is 48.3 Å². The molecule has 0 atom stereocenters. The van der Waals surface area contributed by atoms with Gasteiger partial charge in [-0.3, -0.25) is 4.98 Å². The minimum atomic E-state index is 0.233. The van der Waals surface area contributed by atoms with Crippen LogP contribution in [-0.4, -0.2) is 27.6 Å². The molecule has 0 unspecified atom stereocenters. The van der Waals surface area contributed by atoms with Crippen LogP contribution in [0.2, 0.25) is 0 Å². The van der Waals surface area contributed by atoms with Crippen LogP contribution in [0.3, 0.4) is 0 Å². The highest BCUT2D eigenvalue weighted by molar-refractivity contribution is 5.17. The lowest BCUT2D eigenvalue weighted by atomic mass is 9.78. The van der Waals surface area contributed by atoms with E-state index >= 15 is 0 Å². The summed E-state index contributed by atoms with van der Waals surface area (Å²) < 4.78 is 2.24. The molecule has 100 valence electrons. The molecular formula is C15H20N4. The Morgan fingerprint density at radius 1 is 1.32 bits per heavy atom. The average molecular weight is 256 g/mol. The third kappa shape index (κ3) is 2.54. The summed E-state index contributed by atoms with van der Waals surface area (Å²) in [5.74, 6) is 0. The van der Waals surface area contributed by atoms with E-state index in [2.05, 4.69) is 32.8 Å². The average Bonchev–Trinajstić information content (AvgIpc) is 2.90. The Bertz CT molecular complexity index is 526. The van der Waals surface area contributed by atoms with Crippen molar-refractivity contribution in [2.75, 3.05) is 13.1 Å². The van der Waals surface area contributed by atoms with E-state index in [-0.39, 0.29) is 5.41 Å². The summed E-state index contributed by atoms with van der Waals surface area (Å²) in [5.41, 5.74) is 2.65. The molecule has 1 aliphatic heterocycles. The molecule has 0 amide bonds. The number of pyridine rings is 1. The molecule has 1 saturated heterocycles. The fourth-order valence-corrected chi connectivity index (χ4v) is 2.85. The van der Waals surface area contributed by atoms with Crippen molar-refractivity contribution < 1.29 is 0 Å². The number of aromatic nitrogens is 3. The molecule has 3 heterocycles. The molecule has 0 spiro atoms. The van der Waals surface area contributed by atoms with Crippen LogP contribution in [0.1, 0.15) is 31.2 Å². The number of imidazole rings is 1. The maximum atomic E-state index is 4.40. The molecule has 2 aromatic heterocycles. The van der Waals surface area contributed by atoms with Crippen molar-refractivity contribution in [1.82, 2.24) is 19.9 Å². The number of hydrogen-bond acceptors (Lipinski definition) is 3. The Morgan fingerprint density at radius 2 is 2.16 bits per heavy atom. The van der Waals surface area contributed by atoms with E-state index in [4.69, 9.17) is 0 Å². The molecule has 1 N–H and O–H groups in total. The molecular weight excluding hydrogens is 236 g/mol. The molecule has 0 aromatic carbocycles. The van der Waals surface area contributed by atoms with Gasteiger partial charge in [0.05, 0.1) is 18.6 Å². The second-order valence-electron chi connectivity index (χ2n) is 5.54. The molecule has 4 nitrogen and oxygen atoms in total. The van der Waals surface area contributed by atoms with E-state index in [1.165, 1.54) is 18.5 Å². The number of hydrogen-bond donors (Lipinski definition) is 1. The van der Waals surface area contributed by atoms with Crippen molar-refractivity contribution in [3.8, 4) is 0 Å². The molecule has 2 aromatic rings. The van der Waals surface area contributed by atoms with Gasteiger partial charge in [-0.15, -0.1) is 0 Å². The van der Waals surface area contributed by atoms with Crippen molar-refractivity contribution in [2.45, 2.75) is 31.7 Å². The first kappa shape index (κ1) is 12.4. The second kappa shape index (κ2) is 5.13. The van der Waals surface area contributed by atoms with Crippen molar-refractivity contribution in [3.63, 3.8) is 0 Å². The predicted octanol–water partition coefficient (Wildman–Crippen LogP) is 1.97. The molecule has 4 heteroatoms. The van der Waals surface area contributed by atoms with E-state index in [1.54, 1.807) is 0 Å². The van der Waals surface area contributed by atoms with Crippen LogP contribution in [0.15, 0.2) is 36.9 Å². The molecule has 0 aliphatic carbocycles. The normalized spacial score (nSPS) is 18.4. The van der Waals surface area contributed by atoms with E-state index in [9.17, 15) is 0 Å². The Kier molecular flexibility index (Phi) is 3.34. The van der Waals surface area contributed by atoms with E-state index in [0.717, 1.165) is 25.3 Å². The Hall–Kier alpha value is -1.68. The van der Waals surface area contributed by atoms with Gasteiger partial charge in [-0.1, -0.05) is 13.0 Å². The summed E-state index contributed by atoms with van der Waals surface area (Å²) in [5, 5.41) is 3.43. The minimum Gasteiger partial charge on any atom is -0.328 e. The third-order valence-electron chi connectivity index (χ3n) is 4.10. The highest BCUT2D eigenvalue weighted by atomic mass is 15.1. The van der Waals surface area contributed by atoms with E-state index < -0.39 is 0 Å². The highest BCUT2D eigenvalue weighted by Gasteiger charge is 2.31. The third-order valence-corrected chi connectivity index (χ3v) is 4.10. The first-order valence-electron chi connectivity index (χ1n) is 6.89. The zero-order chi connectivity index (χ0) is 13.1. The zero-order valence-electron chi connectivity index (χ0n) is 11.3. The number of nitrogens with zero attached hydrogens (tertiary/aromatic N) is 3. The zero-order valence-corrected chi connectivity index (χ0v) is 11.3. The topological polar surface area (TPSA) is 42.7 Å². The highest BCUT2D eigenvalue weighted by Crippen LogP contribution is 2.32. The fourth-order valence-electron chi connectivity index (χ4n) is 2.85.